The highest BCUT2D eigenvalue weighted by Crippen LogP contribution is 2.41. The fourth-order valence-electron chi connectivity index (χ4n) is 2.98. The van der Waals surface area contributed by atoms with Crippen molar-refractivity contribution in [3.05, 3.63) is 23.3 Å². The van der Waals surface area contributed by atoms with Crippen LogP contribution in [-0.2, 0) is 0 Å². The van der Waals surface area contributed by atoms with Gasteiger partial charge in [0.05, 0.1) is 11.3 Å². The zero-order chi connectivity index (χ0) is 13.2. The van der Waals surface area contributed by atoms with E-state index in [1.165, 1.54) is 31.9 Å². The Morgan fingerprint density at radius 2 is 1.74 bits per heavy atom. The summed E-state index contributed by atoms with van der Waals surface area (Å²) in [4.78, 5) is 20.2. The third kappa shape index (κ3) is 2.77. The van der Waals surface area contributed by atoms with E-state index in [0.717, 1.165) is 37.2 Å². The Morgan fingerprint density at radius 1 is 1.05 bits per heavy atom. The van der Waals surface area contributed by atoms with Crippen molar-refractivity contribution in [2.45, 2.75) is 63.2 Å². The molecule has 2 aliphatic carbocycles. The van der Waals surface area contributed by atoms with Crippen LogP contribution in [0.5, 0.6) is 0 Å². The molecule has 0 unspecified atom stereocenters. The maximum atomic E-state index is 11.2. The fraction of sp³-hybridized carbons (Fsp3) is 0.667. The average molecular weight is 260 g/mol. The highest BCUT2D eigenvalue weighted by molar-refractivity contribution is 5.88. The summed E-state index contributed by atoms with van der Waals surface area (Å²) >= 11 is 0. The van der Waals surface area contributed by atoms with Crippen LogP contribution in [0.25, 0.3) is 0 Å². The summed E-state index contributed by atoms with van der Waals surface area (Å²) in [6, 6.07) is 0. The van der Waals surface area contributed by atoms with E-state index in [2.05, 4.69) is 9.97 Å². The van der Waals surface area contributed by atoms with Crippen molar-refractivity contribution >= 4 is 5.97 Å². The lowest BCUT2D eigenvalue weighted by molar-refractivity contribution is 0.0694. The number of aromatic carboxylic acids is 1. The van der Waals surface area contributed by atoms with Crippen molar-refractivity contribution < 1.29 is 9.90 Å². The minimum absolute atomic E-state index is 0.305. The van der Waals surface area contributed by atoms with Gasteiger partial charge < -0.3 is 5.11 Å². The molecule has 1 heterocycles. The predicted molar refractivity (Wildman–Crippen MR) is 71.4 cm³/mol. The average Bonchev–Trinajstić information content (AvgIpc) is 3.25. The molecule has 2 aliphatic rings. The van der Waals surface area contributed by atoms with Crippen LogP contribution in [0.3, 0.4) is 0 Å². The molecule has 0 aromatic carbocycles. The molecule has 3 rings (SSSR count). The summed E-state index contributed by atoms with van der Waals surface area (Å²) < 4.78 is 0. The molecule has 19 heavy (non-hydrogen) atoms. The summed E-state index contributed by atoms with van der Waals surface area (Å²) in [6.07, 6.45) is 11.1. The van der Waals surface area contributed by atoms with Crippen molar-refractivity contribution in [3.8, 4) is 0 Å². The van der Waals surface area contributed by atoms with E-state index in [4.69, 9.17) is 0 Å². The molecule has 0 radical (unpaired) electrons. The molecule has 0 aliphatic heterocycles. The van der Waals surface area contributed by atoms with Crippen LogP contribution in [0.15, 0.2) is 6.20 Å². The molecule has 102 valence electrons. The van der Waals surface area contributed by atoms with Crippen LogP contribution in [0, 0.1) is 0 Å². The monoisotopic (exact) mass is 260 g/mol. The van der Waals surface area contributed by atoms with Gasteiger partial charge in [-0.25, -0.2) is 14.8 Å². The van der Waals surface area contributed by atoms with Crippen LogP contribution in [0.4, 0.5) is 0 Å². The summed E-state index contributed by atoms with van der Waals surface area (Å²) in [7, 11) is 0. The molecule has 0 amide bonds. The fourth-order valence-corrected chi connectivity index (χ4v) is 2.98. The highest BCUT2D eigenvalue weighted by Gasteiger charge is 2.31. The van der Waals surface area contributed by atoms with Gasteiger partial charge in [0, 0.05) is 18.0 Å². The minimum Gasteiger partial charge on any atom is -0.478 e. The molecule has 2 fully saturated rings. The van der Waals surface area contributed by atoms with Gasteiger partial charge in [-0.15, -0.1) is 0 Å². The van der Waals surface area contributed by atoms with E-state index in [1.807, 2.05) is 0 Å². The number of carboxylic acid groups (broad SMARTS) is 1. The van der Waals surface area contributed by atoms with Crippen LogP contribution in [0.1, 0.15) is 85.1 Å². The second-order valence-electron chi connectivity index (χ2n) is 5.80. The van der Waals surface area contributed by atoms with Crippen LogP contribution < -0.4 is 0 Å². The molecule has 4 nitrogen and oxygen atoms in total. The lowest BCUT2D eigenvalue weighted by Crippen LogP contribution is -2.11. The lowest BCUT2D eigenvalue weighted by atomic mass is 9.99. The SMILES string of the molecule is O=C(O)c1cnc(C2CCCCCC2)nc1C1CC1. The second kappa shape index (κ2) is 5.27. The van der Waals surface area contributed by atoms with Crippen LogP contribution in [-0.4, -0.2) is 21.0 Å². The van der Waals surface area contributed by atoms with E-state index in [9.17, 15) is 9.90 Å². The largest absolute Gasteiger partial charge is 0.478 e. The van der Waals surface area contributed by atoms with Gasteiger partial charge in [0.15, 0.2) is 0 Å². The number of hydrogen-bond donors (Lipinski definition) is 1. The third-order valence-electron chi connectivity index (χ3n) is 4.25. The smallest absolute Gasteiger partial charge is 0.339 e. The van der Waals surface area contributed by atoms with Gasteiger partial charge in [-0.3, -0.25) is 0 Å². The van der Waals surface area contributed by atoms with E-state index in [0.29, 0.717) is 17.4 Å². The Kier molecular flexibility index (Phi) is 3.49. The lowest BCUT2D eigenvalue weighted by Gasteiger charge is -2.14. The van der Waals surface area contributed by atoms with Crippen molar-refractivity contribution in [3.63, 3.8) is 0 Å². The molecule has 4 heteroatoms. The molecule has 0 bridgehead atoms. The van der Waals surface area contributed by atoms with E-state index in [-0.39, 0.29) is 0 Å². The molecule has 0 atom stereocenters. The van der Waals surface area contributed by atoms with Crippen molar-refractivity contribution in [1.82, 2.24) is 9.97 Å². The Balaban J connectivity index is 1.89. The number of aromatic nitrogens is 2. The number of carbonyl (C=O) groups is 1. The Hall–Kier alpha value is -1.45. The molecular weight excluding hydrogens is 240 g/mol. The zero-order valence-electron chi connectivity index (χ0n) is 11.1. The summed E-state index contributed by atoms with van der Waals surface area (Å²) in [5.74, 6) is 0.782. The molecular formula is C15H20N2O2. The number of rotatable bonds is 3. The number of nitrogens with zero attached hydrogens (tertiary/aromatic N) is 2. The van der Waals surface area contributed by atoms with Crippen molar-refractivity contribution in [1.29, 1.82) is 0 Å². The summed E-state index contributed by atoms with van der Waals surface area (Å²) in [5, 5.41) is 9.21. The van der Waals surface area contributed by atoms with E-state index < -0.39 is 5.97 Å². The maximum Gasteiger partial charge on any atom is 0.339 e. The van der Waals surface area contributed by atoms with Gasteiger partial charge in [0.25, 0.3) is 0 Å². The van der Waals surface area contributed by atoms with E-state index >= 15 is 0 Å². The first-order chi connectivity index (χ1) is 9.25. The Labute approximate surface area is 113 Å². The summed E-state index contributed by atoms with van der Waals surface area (Å²) in [5.41, 5.74) is 1.08. The first-order valence-electron chi connectivity index (χ1n) is 7.36. The second-order valence-corrected chi connectivity index (χ2v) is 5.80. The van der Waals surface area contributed by atoms with Gasteiger partial charge in [-0.2, -0.15) is 0 Å². The first kappa shape index (κ1) is 12.6. The van der Waals surface area contributed by atoms with Gasteiger partial charge in [-0.1, -0.05) is 25.7 Å². The van der Waals surface area contributed by atoms with E-state index in [1.54, 1.807) is 0 Å². The molecule has 1 aromatic rings. The van der Waals surface area contributed by atoms with Crippen LogP contribution in [0.2, 0.25) is 0 Å². The number of hydrogen-bond acceptors (Lipinski definition) is 3. The normalized spacial score (nSPS) is 21.1. The van der Waals surface area contributed by atoms with Crippen molar-refractivity contribution in [2.75, 3.05) is 0 Å². The van der Waals surface area contributed by atoms with Gasteiger partial charge >= 0.3 is 5.97 Å². The topological polar surface area (TPSA) is 63.1 Å². The first-order valence-corrected chi connectivity index (χ1v) is 7.36. The Morgan fingerprint density at radius 3 is 2.32 bits per heavy atom. The van der Waals surface area contributed by atoms with Crippen molar-refractivity contribution in [2.24, 2.45) is 0 Å². The van der Waals surface area contributed by atoms with Crippen LogP contribution >= 0.6 is 0 Å². The van der Waals surface area contributed by atoms with Gasteiger partial charge in [-0.05, 0) is 25.7 Å². The van der Waals surface area contributed by atoms with Gasteiger partial charge in [0.1, 0.15) is 5.82 Å². The maximum absolute atomic E-state index is 11.2. The summed E-state index contributed by atoms with van der Waals surface area (Å²) in [6.45, 7) is 0. The van der Waals surface area contributed by atoms with Gasteiger partial charge in [0.2, 0.25) is 0 Å². The quantitative estimate of drug-likeness (QED) is 0.845. The molecule has 1 aromatic heterocycles. The molecule has 0 spiro atoms. The standard InChI is InChI=1S/C15H20N2O2/c18-15(19)12-9-16-14(17-13(12)10-7-8-10)11-5-3-1-2-4-6-11/h9-11H,1-8H2,(H,18,19). The zero-order valence-corrected chi connectivity index (χ0v) is 11.1. The molecule has 2 saturated carbocycles. The molecule has 1 N–H and O–H groups in total. The third-order valence-corrected chi connectivity index (χ3v) is 4.25. The molecule has 0 saturated heterocycles. The minimum atomic E-state index is -0.894. The predicted octanol–water partition coefficient (Wildman–Crippen LogP) is 3.49. The number of carboxylic acids is 1. The Bertz CT molecular complexity index is 475. The highest BCUT2D eigenvalue weighted by atomic mass is 16.4.